The van der Waals surface area contributed by atoms with E-state index in [0.29, 0.717) is 12.5 Å². The van der Waals surface area contributed by atoms with Crippen molar-refractivity contribution in [2.24, 2.45) is 5.92 Å². The number of rotatable bonds is 10. The number of hydrogen-bond acceptors (Lipinski definition) is 4. The minimum atomic E-state index is -0.731. The monoisotopic (exact) mass is 379 g/mol. The Bertz CT molecular complexity index is 935. The number of ether oxygens (including phenoxy) is 1. The number of aromatic amines is 1. The van der Waals surface area contributed by atoms with Gasteiger partial charge in [0.15, 0.2) is 0 Å². The molecule has 6 nitrogen and oxygen atoms in total. The molecule has 0 saturated heterocycles. The molecule has 4 rings (SSSR count). The molecule has 2 aromatic heterocycles. The Balaban J connectivity index is 1.34. The number of fused-ring (bicyclic) bond motifs is 1. The van der Waals surface area contributed by atoms with E-state index in [0.717, 1.165) is 53.8 Å². The second-order valence-corrected chi connectivity index (χ2v) is 7.34. The summed E-state index contributed by atoms with van der Waals surface area (Å²) in [6.45, 7) is 1.41. The zero-order valence-electron chi connectivity index (χ0n) is 15.7. The van der Waals surface area contributed by atoms with Gasteiger partial charge in [0.25, 0.3) is 0 Å². The average Bonchev–Trinajstić information content (AvgIpc) is 3.46. The van der Waals surface area contributed by atoms with Crippen molar-refractivity contribution in [1.29, 1.82) is 0 Å². The largest absolute Gasteiger partial charge is 0.493 e. The summed E-state index contributed by atoms with van der Waals surface area (Å²) in [5.74, 6) is 1.55. The van der Waals surface area contributed by atoms with E-state index in [4.69, 9.17) is 4.74 Å². The van der Waals surface area contributed by atoms with Gasteiger partial charge in [-0.1, -0.05) is 6.07 Å². The molecule has 1 fully saturated rings. The minimum Gasteiger partial charge on any atom is -0.493 e. The van der Waals surface area contributed by atoms with E-state index in [9.17, 15) is 9.90 Å². The number of aliphatic carboxylic acids is 1. The fourth-order valence-corrected chi connectivity index (χ4v) is 3.69. The Morgan fingerprint density at radius 2 is 2.21 bits per heavy atom. The first-order valence-corrected chi connectivity index (χ1v) is 9.81. The van der Waals surface area contributed by atoms with Gasteiger partial charge in [0.2, 0.25) is 0 Å². The molecule has 1 atom stereocenters. The maximum absolute atomic E-state index is 11.3. The molecular formula is C22H25N3O3. The number of benzene rings is 1. The van der Waals surface area contributed by atoms with Crippen molar-refractivity contribution in [3.63, 3.8) is 0 Å². The highest BCUT2D eigenvalue weighted by Gasteiger charge is 2.35. The minimum absolute atomic E-state index is 0.0932. The summed E-state index contributed by atoms with van der Waals surface area (Å²) in [7, 11) is 0. The summed E-state index contributed by atoms with van der Waals surface area (Å²) in [4.78, 5) is 18.8. The van der Waals surface area contributed by atoms with E-state index < -0.39 is 5.97 Å². The number of carboxylic acid groups (broad SMARTS) is 1. The van der Waals surface area contributed by atoms with Crippen molar-refractivity contribution in [1.82, 2.24) is 9.97 Å². The maximum atomic E-state index is 11.3. The third kappa shape index (κ3) is 4.44. The van der Waals surface area contributed by atoms with E-state index in [2.05, 4.69) is 15.3 Å². The van der Waals surface area contributed by atoms with E-state index in [1.807, 2.05) is 42.6 Å². The standard InChI is InChI=1S/C22H25N3O3/c26-22(27)13-18(15-5-6-15)19-14-25-20-12-16(7-8-17(19)20)28-11-3-10-24-21-4-1-2-9-23-21/h1-2,4,7-9,12,14-15,18,25H,3,5-6,10-11,13H2,(H,23,24)(H,26,27). The van der Waals surface area contributed by atoms with Gasteiger partial charge in [-0.05, 0) is 60.9 Å². The molecule has 1 aromatic carbocycles. The highest BCUT2D eigenvalue weighted by molar-refractivity contribution is 5.85. The topological polar surface area (TPSA) is 87.2 Å². The lowest BCUT2D eigenvalue weighted by Crippen LogP contribution is -2.08. The Labute approximate surface area is 163 Å². The number of H-pyrrole nitrogens is 1. The zero-order valence-corrected chi connectivity index (χ0v) is 15.7. The van der Waals surface area contributed by atoms with Gasteiger partial charge in [0.05, 0.1) is 13.0 Å². The number of nitrogens with zero attached hydrogens (tertiary/aromatic N) is 1. The Kier molecular flexibility index (Phi) is 5.46. The molecule has 1 aliphatic carbocycles. The SMILES string of the molecule is O=C(O)CC(c1c[nH]c2cc(OCCCNc3ccccn3)ccc12)C1CC1. The molecule has 28 heavy (non-hydrogen) atoms. The third-order valence-corrected chi connectivity index (χ3v) is 5.23. The number of pyridine rings is 1. The molecule has 2 heterocycles. The van der Waals surface area contributed by atoms with Crippen LogP contribution in [0.2, 0.25) is 0 Å². The van der Waals surface area contributed by atoms with Gasteiger partial charge < -0.3 is 20.1 Å². The summed E-state index contributed by atoms with van der Waals surface area (Å²) in [5.41, 5.74) is 2.11. The van der Waals surface area contributed by atoms with E-state index in [1.165, 1.54) is 0 Å². The van der Waals surface area contributed by atoms with Crippen molar-refractivity contribution < 1.29 is 14.6 Å². The zero-order chi connectivity index (χ0) is 19.3. The van der Waals surface area contributed by atoms with Crippen molar-refractivity contribution in [2.45, 2.75) is 31.6 Å². The highest BCUT2D eigenvalue weighted by Crippen LogP contribution is 2.46. The van der Waals surface area contributed by atoms with Crippen LogP contribution in [0.3, 0.4) is 0 Å². The normalized spacial score (nSPS) is 14.7. The van der Waals surface area contributed by atoms with Gasteiger partial charge in [0.1, 0.15) is 11.6 Å². The van der Waals surface area contributed by atoms with Crippen LogP contribution in [-0.4, -0.2) is 34.2 Å². The Hall–Kier alpha value is -3.02. The molecule has 0 bridgehead atoms. The molecule has 0 spiro atoms. The molecule has 1 unspecified atom stereocenters. The quantitative estimate of drug-likeness (QED) is 0.454. The summed E-state index contributed by atoms with van der Waals surface area (Å²) in [5, 5.41) is 13.6. The molecule has 3 aromatic rings. The van der Waals surface area contributed by atoms with Crippen LogP contribution in [0, 0.1) is 5.92 Å². The number of nitrogens with one attached hydrogen (secondary N) is 2. The highest BCUT2D eigenvalue weighted by atomic mass is 16.5. The van der Waals surface area contributed by atoms with Crippen LogP contribution in [-0.2, 0) is 4.79 Å². The summed E-state index contributed by atoms with van der Waals surface area (Å²) in [6, 6.07) is 11.8. The van der Waals surface area contributed by atoms with Crippen LogP contribution in [0.4, 0.5) is 5.82 Å². The van der Waals surface area contributed by atoms with Gasteiger partial charge in [-0.3, -0.25) is 4.79 Å². The summed E-state index contributed by atoms with van der Waals surface area (Å²) < 4.78 is 5.87. The lowest BCUT2D eigenvalue weighted by molar-refractivity contribution is -0.137. The first-order valence-electron chi connectivity index (χ1n) is 9.81. The van der Waals surface area contributed by atoms with Crippen molar-refractivity contribution in [3.05, 3.63) is 54.4 Å². The van der Waals surface area contributed by atoms with Gasteiger partial charge in [-0.25, -0.2) is 4.98 Å². The van der Waals surface area contributed by atoms with Crippen LogP contribution in [0.15, 0.2) is 48.8 Å². The molecule has 1 saturated carbocycles. The first kappa shape index (κ1) is 18.3. The van der Waals surface area contributed by atoms with Gasteiger partial charge in [0, 0.05) is 35.9 Å². The molecular weight excluding hydrogens is 354 g/mol. The predicted molar refractivity (Wildman–Crippen MR) is 109 cm³/mol. The Morgan fingerprint density at radius 3 is 2.96 bits per heavy atom. The molecule has 0 amide bonds. The van der Waals surface area contributed by atoms with Crippen molar-refractivity contribution in [3.8, 4) is 5.75 Å². The van der Waals surface area contributed by atoms with Crippen LogP contribution in [0.25, 0.3) is 10.9 Å². The van der Waals surface area contributed by atoms with Gasteiger partial charge >= 0.3 is 5.97 Å². The number of carboxylic acids is 1. The van der Waals surface area contributed by atoms with Gasteiger partial charge in [-0.2, -0.15) is 0 Å². The van der Waals surface area contributed by atoms with Crippen LogP contribution in [0.5, 0.6) is 5.75 Å². The lowest BCUT2D eigenvalue weighted by Gasteiger charge is -2.13. The first-order chi connectivity index (χ1) is 13.7. The van der Waals surface area contributed by atoms with Crippen LogP contribution < -0.4 is 10.1 Å². The van der Waals surface area contributed by atoms with Crippen molar-refractivity contribution in [2.75, 3.05) is 18.5 Å². The van der Waals surface area contributed by atoms with Crippen LogP contribution >= 0.6 is 0 Å². The molecule has 1 aliphatic rings. The summed E-state index contributed by atoms with van der Waals surface area (Å²) in [6.07, 6.45) is 7.04. The number of carbonyl (C=O) groups is 1. The number of aromatic nitrogens is 2. The third-order valence-electron chi connectivity index (χ3n) is 5.23. The van der Waals surface area contributed by atoms with E-state index in [1.54, 1.807) is 6.20 Å². The Morgan fingerprint density at radius 1 is 1.32 bits per heavy atom. The molecule has 3 N–H and O–H groups in total. The maximum Gasteiger partial charge on any atom is 0.303 e. The predicted octanol–water partition coefficient (Wildman–Crippen LogP) is 4.41. The molecule has 6 heteroatoms. The average molecular weight is 379 g/mol. The second-order valence-electron chi connectivity index (χ2n) is 7.34. The molecule has 146 valence electrons. The van der Waals surface area contributed by atoms with Gasteiger partial charge in [-0.15, -0.1) is 0 Å². The fraction of sp³-hybridized carbons (Fsp3) is 0.364. The fourth-order valence-electron chi connectivity index (χ4n) is 3.69. The van der Waals surface area contributed by atoms with E-state index >= 15 is 0 Å². The van der Waals surface area contributed by atoms with Crippen molar-refractivity contribution >= 4 is 22.7 Å². The van der Waals surface area contributed by atoms with E-state index in [-0.39, 0.29) is 12.3 Å². The lowest BCUT2D eigenvalue weighted by atomic mass is 9.91. The number of hydrogen-bond donors (Lipinski definition) is 3. The smallest absolute Gasteiger partial charge is 0.303 e. The van der Waals surface area contributed by atoms with Crippen LogP contribution in [0.1, 0.15) is 37.2 Å². The molecule has 0 radical (unpaired) electrons. The second kappa shape index (κ2) is 8.33. The summed E-state index contributed by atoms with van der Waals surface area (Å²) >= 11 is 0. The number of anilines is 1. The molecule has 0 aliphatic heterocycles.